The zero-order valence-electron chi connectivity index (χ0n) is 18.4. The summed E-state index contributed by atoms with van der Waals surface area (Å²) in [6.45, 7) is 11.0. The van der Waals surface area contributed by atoms with E-state index < -0.39 is 0 Å². The van der Waals surface area contributed by atoms with E-state index in [1.54, 1.807) is 0 Å². The van der Waals surface area contributed by atoms with E-state index in [2.05, 4.69) is 41.4 Å². The first-order valence-corrected chi connectivity index (χ1v) is 10.7. The lowest BCUT2D eigenvalue weighted by Gasteiger charge is -2.34. The van der Waals surface area contributed by atoms with Crippen LogP contribution < -0.4 is 5.32 Å². The van der Waals surface area contributed by atoms with Crippen LogP contribution in [0, 0.1) is 13.8 Å². The van der Waals surface area contributed by atoms with Crippen LogP contribution in [0.3, 0.4) is 0 Å². The van der Waals surface area contributed by atoms with Gasteiger partial charge >= 0.3 is 0 Å². The summed E-state index contributed by atoms with van der Waals surface area (Å²) in [5.41, 5.74) is 3.75. The average Bonchev–Trinajstić information content (AvgIpc) is 3.06. The molecule has 1 aromatic carbocycles. The molecular formula is C23H32N4O3. The van der Waals surface area contributed by atoms with Gasteiger partial charge in [0.15, 0.2) is 0 Å². The zero-order valence-corrected chi connectivity index (χ0v) is 18.4. The molecule has 1 saturated heterocycles. The Balaban J connectivity index is 1.44. The lowest BCUT2D eigenvalue weighted by atomic mass is 9.99. The monoisotopic (exact) mass is 412 g/mol. The highest BCUT2D eigenvalue weighted by atomic mass is 16.5. The molecule has 0 spiro atoms. The van der Waals surface area contributed by atoms with Crippen LogP contribution in [-0.4, -0.2) is 59.5 Å². The van der Waals surface area contributed by atoms with Crippen LogP contribution in [0.1, 0.15) is 48.8 Å². The second-order valence-electron chi connectivity index (χ2n) is 8.12. The summed E-state index contributed by atoms with van der Waals surface area (Å²) >= 11 is 0. The number of nitrogens with one attached hydrogen (secondary N) is 1. The molecule has 0 bridgehead atoms. The van der Waals surface area contributed by atoms with E-state index in [0.29, 0.717) is 50.8 Å². The first kappa shape index (κ1) is 22.0. The molecule has 1 fully saturated rings. The summed E-state index contributed by atoms with van der Waals surface area (Å²) < 4.78 is 5.14. The normalized spacial score (nSPS) is 15.8. The van der Waals surface area contributed by atoms with Gasteiger partial charge in [0.25, 0.3) is 0 Å². The number of anilines is 1. The molecule has 0 saturated carbocycles. The Kier molecular flexibility index (Phi) is 7.26. The van der Waals surface area contributed by atoms with Crippen molar-refractivity contribution < 1.29 is 14.1 Å². The molecule has 7 heteroatoms. The fraction of sp³-hybridized carbons (Fsp3) is 0.522. The third kappa shape index (κ3) is 5.48. The van der Waals surface area contributed by atoms with Crippen LogP contribution in [-0.2, 0) is 16.0 Å². The van der Waals surface area contributed by atoms with E-state index in [-0.39, 0.29) is 11.8 Å². The summed E-state index contributed by atoms with van der Waals surface area (Å²) in [6.07, 6.45) is 1.41. The first-order valence-electron chi connectivity index (χ1n) is 10.7. The largest absolute Gasteiger partial charge is 0.361 e. The van der Waals surface area contributed by atoms with Crippen LogP contribution in [0.2, 0.25) is 0 Å². The molecule has 1 N–H and O–H groups in total. The zero-order chi connectivity index (χ0) is 21.7. The summed E-state index contributed by atoms with van der Waals surface area (Å²) in [6, 6.07) is 8.08. The number of carbonyl (C=O) groups excluding carboxylic acids is 2. The van der Waals surface area contributed by atoms with E-state index >= 15 is 0 Å². The Hall–Kier alpha value is -2.67. The van der Waals surface area contributed by atoms with Crippen LogP contribution in [0.15, 0.2) is 28.8 Å². The van der Waals surface area contributed by atoms with Gasteiger partial charge in [0.2, 0.25) is 11.8 Å². The van der Waals surface area contributed by atoms with Crippen molar-refractivity contribution in [1.29, 1.82) is 0 Å². The number of aromatic nitrogens is 1. The number of aryl methyl sites for hydroxylation is 2. The van der Waals surface area contributed by atoms with Gasteiger partial charge in [0, 0.05) is 37.4 Å². The van der Waals surface area contributed by atoms with Gasteiger partial charge in [-0.1, -0.05) is 31.1 Å². The van der Waals surface area contributed by atoms with E-state index in [4.69, 9.17) is 4.52 Å². The molecule has 2 amide bonds. The maximum Gasteiger partial charge on any atom is 0.238 e. The number of amides is 2. The van der Waals surface area contributed by atoms with Crippen molar-refractivity contribution in [3.63, 3.8) is 0 Å². The van der Waals surface area contributed by atoms with Gasteiger partial charge in [0.1, 0.15) is 5.76 Å². The lowest BCUT2D eigenvalue weighted by molar-refractivity contribution is -0.132. The number of nitrogens with zero attached hydrogens (tertiary/aromatic N) is 3. The molecule has 1 aliphatic rings. The number of benzene rings is 1. The van der Waals surface area contributed by atoms with Gasteiger partial charge in [0.05, 0.1) is 18.7 Å². The third-order valence-electron chi connectivity index (χ3n) is 5.98. The maximum atomic E-state index is 12.6. The Morgan fingerprint density at radius 2 is 1.80 bits per heavy atom. The molecule has 0 aliphatic carbocycles. The van der Waals surface area contributed by atoms with Gasteiger partial charge in [-0.05, 0) is 43.9 Å². The van der Waals surface area contributed by atoms with Crippen LogP contribution in [0.5, 0.6) is 0 Å². The highest BCUT2D eigenvalue weighted by molar-refractivity contribution is 5.92. The number of hydrogen-bond acceptors (Lipinski definition) is 5. The summed E-state index contributed by atoms with van der Waals surface area (Å²) in [7, 11) is 0. The fourth-order valence-electron chi connectivity index (χ4n) is 3.71. The number of piperazine rings is 1. The second-order valence-corrected chi connectivity index (χ2v) is 8.12. The summed E-state index contributed by atoms with van der Waals surface area (Å²) in [4.78, 5) is 28.9. The smallest absolute Gasteiger partial charge is 0.238 e. The number of hydrogen-bond donors (Lipinski definition) is 1. The first-order chi connectivity index (χ1) is 14.4. The van der Waals surface area contributed by atoms with Crippen LogP contribution in [0.4, 0.5) is 5.69 Å². The van der Waals surface area contributed by atoms with Crippen molar-refractivity contribution in [2.75, 3.05) is 38.0 Å². The second kappa shape index (κ2) is 9.89. The number of rotatable bonds is 7. The minimum atomic E-state index is -0.0261. The third-order valence-corrected chi connectivity index (χ3v) is 5.98. The van der Waals surface area contributed by atoms with E-state index in [1.165, 1.54) is 5.56 Å². The van der Waals surface area contributed by atoms with Gasteiger partial charge in [-0.3, -0.25) is 14.5 Å². The topological polar surface area (TPSA) is 78.7 Å². The molecule has 7 nitrogen and oxygen atoms in total. The minimum Gasteiger partial charge on any atom is -0.361 e. The molecule has 2 aromatic rings. The molecule has 1 unspecified atom stereocenters. The summed E-state index contributed by atoms with van der Waals surface area (Å²) in [5.74, 6) is 1.27. The molecular weight excluding hydrogens is 380 g/mol. The van der Waals surface area contributed by atoms with Crippen molar-refractivity contribution >= 4 is 17.5 Å². The summed E-state index contributed by atoms with van der Waals surface area (Å²) in [5, 5.41) is 6.88. The molecule has 162 valence electrons. The standard InChI is InChI=1S/C23H32N4O3/c1-5-16(2)19-6-8-20(9-7-19)24-22(28)15-26-10-12-27(13-11-26)23(29)14-21-17(3)25-30-18(21)4/h6-9,16H,5,10-15H2,1-4H3,(H,24,28). The lowest BCUT2D eigenvalue weighted by Crippen LogP contribution is -2.50. The quantitative estimate of drug-likeness (QED) is 0.756. The highest BCUT2D eigenvalue weighted by Gasteiger charge is 2.24. The van der Waals surface area contributed by atoms with Crippen LogP contribution in [0.25, 0.3) is 0 Å². The number of carbonyl (C=O) groups is 2. The highest BCUT2D eigenvalue weighted by Crippen LogP contribution is 2.20. The molecule has 1 atom stereocenters. The Labute approximate surface area is 178 Å². The van der Waals surface area contributed by atoms with E-state index in [0.717, 1.165) is 23.4 Å². The van der Waals surface area contributed by atoms with Crippen molar-refractivity contribution in [3.8, 4) is 0 Å². The minimum absolute atomic E-state index is 0.0261. The maximum absolute atomic E-state index is 12.6. The Morgan fingerprint density at radius 3 is 2.37 bits per heavy atom. The van der Waals surface area contributed by atoms with Gasteiger partial charge in [-0.15, -0.1) is 0 Å². The van der Waals surface area contributed by atoms with Gasteiger partial charge in [-0.25, -0.2) is 0 Å². The molecule has 30 heavy (non-hydrogen) atoms. The predicted octanol–water partition coefficient (Wildman–Crippen LogP) is 3.13. The molecule has 1 aliphatic heterocycles. The van der Waals surface area contributed by atoms with E-state index in [1.807, 2.05) is 30.9 Å². The molecule has 0 radical (unpaired) electrons. The molecule has 2 heterocycles. The van der Waals surface area contributed by atoms with E-state index in [9.17, 15) is 9.59 Å². The molecule has 3 rings (SSSR count). The Morgan fingerprint density at radius 1 is 1.13 bits per heavy atom. The van der Waals surface area contributed by atoms with Crippen molar-refractivity contribution in [2.45, 2.75) is 46.5 Å². The van der Waals surface area contributed by atoms with Gasteiger partial charge in [-0.2, -0.15) is 0 Å². The van der Waals surface area contributed by atoms with Crippen molar-refractivity contribution in [3.05, 3.63) is 46.8 Å². The molecule has 1 aromatic heterocycles. The predicted molar refractivity (Wildman–Crippen MR) is 116 cm³/mol. The van der Waals surface area contributed by atoms with Crippen LogP contribution >= 0.6 is 0 Å². The average molecular weight is 413 g/mol. The SMILES string of the molecule is CCC(C)c1ccc(NC(=O)CN2CCN(C(=O)Cc3c(C)noc3C)CC2)cc1. The fourth-order valence-corrected chi connectivity index (χ4v) is 3.71. The van der Waals surface area contributed by atoms with Gasteiger partial charge < -0.3 is 14.7 Å². The Bertz CT molecular complexity index is 848. The van der Waals surface area contributed by atoms with Crippen molar-refractivity contribution in [1.82, 2.24) is 15.0 Å². The van der Waals surface area contributed by atoms with Crippen molar-refractivity contribution in [2.24, 2.45) is 0 Å².